The van der Waals surface area contributed by atoms with Crippen LogP contribution in [-0.2, 0) is 16.1 Å². The van der Waals surface area contributed by atoms with E-state index in [1.54, 1.807) is 11.0 Å². The highest BCUT2D eigenvalue weighted by molar-refractivity contribution is 6.31. The first-order chi connectivity index (χ1) is 11.7. The maximum atomic E-state index is 13.7. The number of halogens is 2. The van der Waals surface area contributed by atoms with Crippen molar-refractivity contribution >= 4 is 23.6 Å². The molecule has 0 unspecified atom stereocenters. The molecule has 1 aliphatic heterocycles. The van der Waals surface area contributed by atoms with E-state index < -0.39 is 11.4 Å². The lowest BCUT2D eigenvalue weighted by Gasteiger charge is -2.32. The fraction of sp³-hybridized carbons (Fsp3) is 0.556. The molecule has 0 aliphatic carbocycles. The number of ether oxygens (including phenoxy) is 1. The van der Waals surface area contributed by atoms with Gasteiger partial charge in [-0.05, 0) is 45.7 Å². The average Bonchev–Trinajstić information content (AvgIpc) is 2.52. The number of amides is 2. The topological polar surface area (TPSA) is 58.6 Å². The summed E-state index contributed by atoms with van der Waals surface area (Å²) in [7, 11) is 0. The highest BCUT2D eigenvalue weighted by atomic mass is 35.5. The molecule has 0 aromatic heterocycles. The smallest absolute Gasteiger partial charge is 0.410 e. The van der Waals surface area contributed by atoms with Crippen molar-refractivity contribution in [2.75, 3.05) is 13.1 Å². The molecule has 1 heterocycles. The zero-order valence-electron chi connectivity index (χ0n) is 14.8. The maximum absolute atomic E-state index is 13.7. The molecule has 1 fully saturated rings. The van der Waals surface area contributed by atoms with Crippen LogP contribution < -0.4 is 5.32 Å². The number of carbonyl (C=O) groups is 2. The highest BCUT2D eigenvalue weighted by Gasteiger charge is 2.29. The maximum Gasteiger partial charge on any atom is 0.410 e. The second-order valence-corrected chi connectivity index (χ2v) is 7.57. The van der Waals surface area contributed by atoms with Gasteiger partial charge in [-0.2, -0.15) is 0 Å². The van der Waals surface area contributed by atoms with Gasteiger partial charge in [-0.1, -0.05) is 17.7 Å². The van der Waals surface area contributed by atoms with Crippen LogP contribution in [0.2, 0.25) is 5.02 Å². The fourth-order valence-corrected chi connectivity index (χ4v) is 2.90. The molecule has 138 valence electrons. The zero-order valence-corrected chi connectivity index (χ0v) is 15.5. The van der Waals surface area contributed by atoms with Crippen LogP contribution in [0.3, 0.4) is 0 Å². The van der Waals surface area contributed by atoms with Crippen LogP contribution in [0.25, 0.3) is 0 Å². The lowest BCUT2D eigenvalue weighted by atomic mass is 9.96. The van der Waals surface area contributed by atoms with Crippen molar-refractivity contribution in [3.05, 3.63) is 34.6 Å². The Morgan fingerprint density at radius 3 is 2.52 bits per heavy atom. The summed E-state index contributed by atoms with van der Waals surface area (Å²) in [6, 6.07) is 4.42. The molecule has 1 aromatic rings. The second-order valence-electron chi connectivity index (χ2n) is 7.16. The number of piperidine rings is 1. The Bertz CT molecular complexity index is 617. The van der Waals surface area contributed by atoms with E-state index in [0.29, 0.717) is 31.0 Å². The molecule has 0 atom stereocenters. The lowest BCUT2D eigenvalue weighted by Crippen LogP contribution is -2.44. The van der Waals surface area contributed by atoms with Gasteiger partial charge in [-0.3, -0.25) is 4.79 Å². The van der Waals surface area contributed by atoms with E-state index in [0.717, 1.165) is 0 Å². The molecule has 0 radical (unpaired) electrons. The SMILES string of the molecule is CC(C)(C)OC(=O)N1CCC(C(=O)NCc2c(F)cccc2Cl)CC1. The number of hydrogen-bond acceptors (Lipinski definition) is 3. The Morgan fingerprint density at radius 2 is 1.96 bits per heavy atom. The molecular formula is C18H24ClFN2O3. The molecule has 2 amide bonds. The molecule has 7 heteroatoms. The van der Waals surface area contributed by atoms with Crippen molar-refractivity contribution in [2.24, 2.45) is 5.92 Å². The number of carbonyl (C=O) groups excluding carboxylic acids is 2. The van der Waals surface area contributed by atoms with Gasteiger partial charge in [0.1, 0.15) is 11.4 Å². The lowest BCUT2D eigenvalue weighted by molar-refractivity contribution is -0.126. The van der Waals surface area contributed by atoms with Crippen molar-refractivity contribution in [3.8, 4) is 0 Å². The van der Waals surface area contributed by atoms with Crippen molar-refractivity contribution in [1.29, 1.82) is 0 Å². The number of nitrogens with zero attached hydrogens (tertiary/aromatic N) is 1. The predicted molar refractivity (Wildman–Crippen MR) is 93.8 cm³/mol. The summed E-state index contributed by atoms with van der Waals surface area (Å²) in [6.45, 7) is 6.44. The Labute approximate surface area is 152 Å². The molecule has 0 spiro atoms. The number of rotatable bonds is 3. The monoisotopic (exact) mass is 370 g/mol. The number of benzene rings is 1. The third-order valence-corrected chi connectivity index (χ3v) is 4.37. The molecule has 25 heavy (non-hydrogen) atoms. The van der Waals surface area contributed by atoms with Gasteiger partial charge in [0.15, 0.2) is 0 Å². The van der Waals surface area contributed by atoms with Crippen molar-refractivity contribution in [3.63, 3.8) is 0 Å². The Hall–Kier alpha value is -1.82. The molecule has 1 saturated heterocycles. The van der Waals surface area contributed by atoms with Crippen LogP contribution in [0.4, 0.5) is 9.18 Å². The molecular weight excluding hydrogens is 347 g/mol. The van der Waals surface area contributed by atoms with Gasteiger partial charge in [0, 0.05) is 36.1 Å². The summed E-state index contributed by atoms with van der Waals surface area (Å²) in [5.74, 6) is -0.792. The molecule has 0 saturated carbocycles. The summed E-state index contributed by atoms with van der Waals surface area (Å²) in [5.41, 5.74) is -0.256. The van der Waals surface area contributed by atoms with E-state index in [1.165, 1.54) is 12.1 Å². The third kappa shape index (κ3) is 5.59. The number of hydrogen-bond donors (Lipinski definition) is 1. The van der Waals surface area contributed by atoms with Gasteiger partial charge < -0.3 is 15.0 Å². The summed E-state index contributed by atoms with van der Waals surface area (Å²) in [6.07, 6.45) is 0.746. The van der Waals surface area contributed by atoms with Crippen molar-refractivity contribution in [2.45, 2.75) is 45.8 Å². The zero-order chi connectivity index (χ0) is 18.6. The Balaban J connectivity index is 1.82. The predicted octanol–water partition coefficient (Wildman–Crippen LogP) is 3.74. The first-order valence-corrected chi connectivity index (χ1v) is 8.73. The molecule has 1 aromatic carbocycles. The van der Waals surface area contributed by atoms with Gasteiger partial charge in [-0.15, -0.1) is 0 Å². The molecule has 1 aliphatic rings. The van der Waals surface area contributed by atoms with E-state index in [-0.39, 0.29) is 30.0 Å². The number of likely N-dealkylation sites (tertiary alicyclic amines) is 1. The normalized spacial score (nSPS) is 15.8. The minimum atomic E-state index is -0.537. The fourth-order valence-electron chi connectivity index (χ4n) is 2.67. The molecule has 0 bridgehead atoms. The van der Waals surface area contributed by atoms with Gasteiger partial charge in [-0.25, -0.2) is 9.18 Å². The van der Waals surface area contributed by atoms with E-state index in [2.05, 4.69) is 5.32 Å². The van der Waals surface area contributed by atoms with Crippen LogP contribution in [0.15, 0.2) is 18.2 Å². The van der Waals surface area contributed by atoms with Crippen LogP contribution in [0.5, 0.6) is 0 Å². The Kier molecular flexibility index (Phi) is 6.27. The summed E-state index contributed by atoms with van der Waals surface area (Å²) in [5, 5.41) is 3.03. The highest BCUT2D eigenvalue weighted by Crippen LogP contribution is 2.21. The summed E-state index contributed by atoms with van der Waals surface area (Å²) in [4.78, 5) is 25.9. The van der Waals surface area contributed by atoms with E-state index in [4.69, 9.17) is 16.3 Å². The minimum absolute atomic E-state index is 0.0522. The molecule has 1 N–H and O–H groups in total. The quantitative estimate of drug-likeness (QED) is 0.881. The first-order valence-electron chi connectivity index (χ1n) is 8.36. The van der Waals surface area contributed by atoms with Crippen LogP contribution >= 0.6 is 11.6 Å². The van der Waals surface area contributed by atoms with E-state index in [1.807, 2.05) is 20.8 Å². The third-order valence-electron chi connectivity index (χ3n) is 4.02. The van der Waals surface area contributed by atoms with Crippen LogP contribution in [-0.4, -0.2) is 35.6 Å². The standard InChI is InChI=1S/C18H24ClFN2O3/c1-18(2,3)25-17(24)22-9-7-12(8-10-22)16(23)21-11-13-14(19)5-4-6-15(13)20/h4-6,12H,7-11H2,1-3H3,(H,21,23). The molecule has 2 rings (SSSR count). The summed E-state index contributed by atoms with van der Waals surface area (Å²) < 4.78 is 19.1. The minimum Gasteiger partial charge on any atom is -0.444 e. The second kappa shape index (κ2) is 8.04. The van der Waals surface area contributed by atoms with Crippen molar-refractivity contribution in [1.82, 2.24) is 10.2 Å². The summed E-state index contributed by atoms with van der Waals surface area (Å²) >= 11 is 5.96. The van der Waals surface area contributed by atoms with Crippen LogP contribution in [0.1, 0.15) is 39.2 Å². The largest absolute Gasteiger partial charge is 0.444 e. The number of nitrogens with one attached hydrogen (secondary N) is 1. The first kappa shape index (κ1) is 19.5. The van der Waals surface area contributed by atoms with Gasteiger partial charge in [0.05, 0.1) is 0 Å². The van der Waals surface area contributed by atoms with Gasteiger partial charge >= 0.3 is 6.09 Å². The van der Waals surface area contributed by atoms with Gasteiger partial charge in [0.2, 0.25) is 5.91 Å². The van der Waals surface area contributed by atoms with Gasteiger partial charge in [0.25, 0.3) is 0 Å². The molecule has 5 nitrogen and oxygen atoms in total. The van der Waals surface area contributed by atoms with Crippen LogP contribution in [0, 0.1) is 11.7 Å². The Morgan fingerprint density at radius 1 is 1.32 bits per heavy atom. The van der Waals surface area contributed by atoms with E-state index in [9.17, 15) is 14.0 Å². The van der Waals surface area contributed by atoms with Crippen molar-refractivity contribution < 1.29 is 18.7 Å². The average molecular weight is 371 g/mol. The van der Waals surface area contributed by atoms with E-state index >= 15 is 0 Å².